The molecule has 0 spiro atoms. The van der Waals surface area contributed by atoms with Crippen LogP contribution in [0.25, 0.3) is 11.0 Å². The summed E-state index contributed by atoms with van der Waals surface area (Å²) in [6.45, 7) is 1.30. The minimum atomic E-state index is -4.51. The molecule has 0 atom stereocenters. The first-order valence-electron chi connectivity index (χ1n) is 9.55. The zero-order chi connectivity index (χ0) is 24.5. The van der Waals surface area contributed by atoms with E-state index in [4.69, 9.17) is 16.1 Å². The van der Waals surface area contributed by atoms with Crippen molar-refractivity contribution < 1.29 is 27.3 Å². The van der Waals surface area contributed by atoms with Crippen LogP contribution in [0.2, 0.25) is 5.02 Å². The van der Waals surface area contributed by atoms with Crippen molar-refractivity contribution in [1.82, 2.24) is 15.1 Å². The Hall–Kier alpha value is -4.19. The Morgan fingerprint density at radius 1 is 1.03 bits per heavy atom. The second-order valence-electron chi connectivity index (χ2n) is 6.96. The lowest BCUT2D eigenvalue weighted by Gasteiger charge is -2.09. The number of hydrogen-bond donors (Lipinski definition) is 3. The van der Waals surface area contributed by atoms with E-state index < -0.39 is 17.6 Å². The average molecular weight is 491 g/mol. The van der Waals surface area contributed by atoms with Gasteiger partial charge >= 0.3 is 6.18 Å². The highest BCUT2D eigenvalue weighted by molar-refractivity contribution is 6.36. The Kier molecular flexibility index (Phi) is 6.07. The number of aromatic nitrogens is 3. The van der Waals surface area contributed by atoms with Crippen LogP contribution in [0.3, 0.4) is 0 Å². The van der Waals surface area contributed by atoms with Gasteiger partial charge in [-0.3, -0.25) is 14.9 Å². The number of fused-ring (bicyclic) bond motifs is 1. The fourth-order valence-corrected chi connectivity index (χ4v) is 3.23. The molecule has 2 amide bonds. The number of hydrogen-bond acceptors (Lipinski definition) is 7. The average Bonchev–Trinajstić information content (AvgIpc) is 3.16. The van der Waals surface area contributed by atoms with Crippen LogP contribution in [0.4, 0.5) is 36.3 Å². The molecular weight excluding hydrogens is 477 g/mol. The molecule has 3 N–H and O–H groups in total. The minimum absolute atomic E-state index is 0.0234. The Morgan fingerprint density at radius 2 is 1.76 bits per heavy atom. The highest BCUT2D eigenvalue weighted by Crippen LogP contribution is 2.35. The van der Waals surface area contributed by atoms with E-state index in [0.29, 0.717) is 5.39 Å². The van der Waals surface area contributed by atoms with E-state index in [1.807, 2.05) is 0 Å². The van der Waals surface area contributed by atoms with E-state index in [0.717, 1.165) is 12.1 Å². The summed E-state index contributed by atoms with van der Waals surface area (Å²) < 4.78 is 44.3. The molecule has 0 saturated heterocycles. The van der Waals surface area contributed by atoms with E-state index in [-0.39, 0.29) is 45.2 Å². The van der Waals surface area contributed by atoms with Gasteiger partial charge < -0.3 is 15.2 Å². The van der Waals surface area contributed by atoms with Gasteiger partial charge in [-0.05, 0) is 30.3 Å². The van der Waals surface area contributed by atoms with E-state index in [1.54, 1.807) is 0 Å². The minimum Gasteiger partial charge on any atom is -0.353 e. The highest BCUT2D eigenvalue weighted by Gasteiger charge is 2.30. The van der Waals surface area contributed by atoms with Crippen molar-refractivity contribution in [2.45, 2.75) is 13.1 Å². The lowest BCUT2D eigenvalue weighted by molar-refractivity contribution is -0.137. The maximum Gasteiger partial charge on any atom is 0.416 e. The zero-order valence-electron chi connectivity index (χ0n) is 17.2. The number of nitrogens with one attached hydrogen (secondary N) is 3. The second-order valence-corrected chi connectivity index (χ2v) is 7.37. The van der Waals surface area contributed by atoms with Gasteiger partial charge in [0.25, 0.3) is 5.91 Å². The van der Waals surface area contributed by atoms with Gasteiger partial charge in [-0.1, -0.05) is 22.8 Å². The highest BCUT2D eigenvalue weighted by atomic mass is 35.5. The van der Waals surface area contributed by atoms with E-state index in [9.17, 15) is 22.8 Å². The Bertz CT molecular complexity index is 1390. The third-order valence-electron chi connectivity index (χ3n) is 4.47. The van der Waals surface area contributed by atoms with E-state index in [2.05, 4.69) is 31.1 Å². The van der Waals surface area contributed by atoms with Crippen LogP contribution in [0.1, 0.15) is 22.8 Å². The number of halogens is 4. The largest absolute Gasteiger partial charge is 0.416 e. The number of alkyl halides is 3. The van der Waals surface area contributed by atoms with Gasteiger partial charge in [0.15, 0.2) is 11.4 Å². The Balaban J connectivity index is 1.60. The molecule has 0 aliphatic heterocycles. The standard InChI is InChI=1S/C21H14ClF3N6O3/c1-10(32)28-20-26-8-13(9-27-20)30-19(33)16-15(22)6-5-14-17(16)34-31-18(14)29-12-4-2-3-11(7-12)21(23,24)25/h2-9H,1H3,(H,29,31)(H,30,33)(H,26,27,28,32). The summed E-state index contributed by atoms with van der Waals surface area (Å²) in [5.74, 6) is -0.849. The molecule has 2 aromatic carbocycles. The van der Waals surface area contributed by atoms with Gasteiger partial charge in [0.1, 0.15) is 5.56 Å². The van der Waals surface area contributed by atoms with Crippen LogP contribution in [-0.4, -0.2) is 26.9 Å². The van der Waals surface area contributed by atoms with Gasteiger partial charge in [-0.25, -0.2) is 9.97 Å². The molecule has 0 saturated carbocycles. The maximum atomic E-state index is 13.0. The van der Waals surface area contributed by atoms with Gasteiger partial charge in [0.2, 0.25) is 11.9 Å². The SMILES string of the molecule is CC(=O)Nc1ncc(NC(=O)c2c(Cl)ccc3c(Nc4cccc(C(F)(F)F)c4)noc23)cn1. The van der Waals surface area contributed by atoms with Crippen molar-refractivity contribution in [1.29, 1.82) is 0 Å². The van der Waals surface area contributed by atoms with Crippen LogP contribution >= 0.6 is 11.6 Å². The molecule has 2 heterocycles. The summed E-state index contributed by atoms with van der Waals surface area (Å²) in [5, 5.41) is 11.9. The quantitative estimate of drug-likeness (QED) is 0.349. The summed E-state index contributed by atoms with van der Waals surface area (Å²) in [7, 11) is 0. The number of carbonyl (C=O) groups excluding carboxylic acids is 2. The van der Waals surface area contributed by atoms with Crippen LogP contribution in [-0.2, 0) is 11.0 Å². The fourth-order valence-electron chi connectivity index (χ4n) is 3.00. The maximum absolute atomic E-state index is 13.0. The second kappa shape index (κ2) is 8.98. The van der Waals surface area contributed by atoms with Crippen molar-refractivity contribution in [2.75, 3.05) is 16.0 Å². The molecule has 0 unspecified atom stereocenters. The van der Waals surface area contributed by atoms with Crippen molar-refractivity contribution >= 4 is 57.5 Å². The molecule has 13 heteroatoms. The van der Waals surface area contributed by atoms with Crippen molar-refractivity contribution in [3.8, 4) is 0 Å². The predicted octanol–water partition coefficient (Wildman–Crippen LogP) is 5.24. The first kappa shape index (κ1) is 23.0. The van der Waals surface area contributed by atoms with Crippen LogP contribution < -0.4 is 16.0 Å². The number of amides is 2. The van der Waals surface area contributed by atoms with Gasteiger partial charge in [-0.15, -0.1) is 0 Å². The zero-order valence-corrected chi connectivity index (χ0v) is 18.0. The molecular formula is C21H14ClF3N6O3. The number of anilines is 4. The van der Waals surface area contributed by atoms with Crippen LogP contribution in [0.15, 0.2) is 53.3 Å². The number of nitrogens with zero attached hydrogens (tertiary/aromatic N) is 3. The predicted molar refractivity (Wildman–Crippen MR) is 118 cm³/mol. The van der Waals surface area contributed by atoms with Crippen LogP contribution in [0, 0.1) is 0 Å². The molecule has 2 aromatic heterocycles. The van der Waals surface area contributed by atoms with Gasteiger partial charge in [0.05, 0.1) is 34.1 Å². The molecule has 0 radical (unpaired) electrons. The molecule has 174 valence electrons. The summed E-state index contributed by atoms with van der Waals surface area (Å²) in [4.78, 5) is 31.8. The summed E-state index contributed by atoms with van der Waals surface area (Å²) >= 11 is 6.21. The molecule has 0 aliphatic carbocycles. The molecule has 0 fully saturated rings. The van der Waals surface area contributed by atoms with Gasteiger partial charge in [-0.2, -0.15) is 13.2 Å². The number of carbonyl (C=O) groups is 2. The molecule has 0 bridgehead atoms. The van der Waals surface area contributed by atoms with Crippen molar-refractivity contribution in [3.63, 3.8) is 0 Å². The Morgan fingerprint density at radius 3 is 2.44 bits per heavy atom. The summed E-state index contributed by atoms with van der Waals surface area (Å²) in [6.07, 6.45) is -1.94. The Labute approximate surface area is 194 Å². The number of rotatable bonds is 5. The lowest BCUT2D eigenvalue weighted by atomic mass is 10.1. The van der Waals surface area contributed by atoms with Crippen LogP contribution in [0.5, 0.6) is 0 Å². The summed E-state index contributed by atoms with van der Waals surface area (Å²) in [6, 6.07) is 7.51. The van der Waals surface area contributed by atoms with Crippen molar-refractivity contribution in [3.05, 3.63) is 64.9 Å². The fraction of sp³-hybridized carbons (Fsp3) is 0.0952. The third-order valence-corrected chi connectivity index (χ3v) is 4.78. The molecule has 9 nitrogen and oxygen atoms in total. The topological polar surface area (TPSA) is 122 Å². The molecule has 34 heavy (non-hydrogen) atoms. The normalized spacial score (nSPS) is 11.3. The van der Waals surface area contributed by atoms with Gasteiger partial charge in [0, 0.05) is 12.6 Å². The lowest BCUT2D eigenvalue weighted by Crippen LogP contribution is -2.14. The smallest absolute Gasteiger partial charge is 0.353 e. The first-order chi connectivity index (χ1) is 16.1. The first-order valence-corrected chi connectivity index (χ1v) is 9.93. The van der Waals surface area contributed by atoms with E-state index >= 15 is 0 Å². The number of benzene rings is 2. The molecule has 0 aliphatic rings. The molecule has 4 aromatic rings. The van der Waals surface area contributed by atoms with E-state index in [1.165, 1.54) is 43.6 Å². The third kappa shape index (κ3) is 4.91. The summed E-state index contributed by atoms with van der Waals surface area (Å²) in [5.41, 5.74) is -0.513. The molecule has 4 rings (SSSR count). The monoisotopic (exact) mass is 490 g/mol. The van der Waals surface area contributed by atoms with Crippen molar-refractivity contribution in [2.24, 2.45) is 0 Å².